The van der Waals surface area contributed by atoms with Crippen LogP contribution in [0.25, 0.3) is 10.2 Å². The standard InChI is InChI=1S/C19H29NOS.C19H27NS/c1-3-15(4-2)14-19(12-8-5-9-13-19)18(21)20-16-10-6-7-11-17(16)22;1-3-15(4-2)14-19(12-8-5-9-13-19)18-20-16-10-6-7-11-17(16)21-18/h6-7,10-11,15,22H,3-5,8-9,12-14H2,1-2H3,(H,20,21);6-7,10-11,15H,3-5,8-9,12-14H2,1-2H3. The molecule has 1 aromatic heterocycles. The fraction of sp³-hybridized carbons (Fsp3) is 0.632. The number of carbonyl (C=O) groups is 1. The first-order valence-corrected chi connectivity index (χ1v) is 18.6. The predicted octanol–water partition coefficient (Wildman–Crippen LogP) is 12.0. The molecule has 0 spiro atoms. The lowest BCUT2D eigenvalue weighted by atomic mass is 9.67. The Balaban J connectivity index is 0.000000197. The monoisotopic (exact) mass is 620 g/mol. The van der Waals surface area contributed by atoms with Crippen LogP contribution in [0.1, 0.15) is 135 Å². The van der Waals surface area contributed by atoms with E-state index < -0.39 is 0 Å². The molecule has 2 aromatic carbocycles. The van der Waals surface area contributed by atoms with E-state index in [4.69, 9.17) is 4.98 Å². The number of nitrogens with one attached hydrogen (secondary N) is 1. The van der Waals surface area contributed by atoms with Gasteiger partial charge in [-0.05, 0) is 74.6 Å². The molecule has 236 valence electrons. The van der Waals surface area contributed by atoms with Gasteiger partial charge >= 0.3 is 0 Å². The molecule has 1 amide bonds. The first-order valence-electron chi connectivity index (χ1n) is 17.3. The molecular formula is C38H56N2OS2. The highest BCUT2D eigenvalue weighted by Crippen LogP contribution is 2.47. The second kappa shape index (κ2) is 16.5. The number of thiol groups is 1. The summed E-state index contributed by atoms with van der Waals surface area (Å²) >= 11 is 6.41. The van der Waals surface area contributed by atoms with E-state index in [1.807, 2.05) is 35.6 Å². The highest BCUT2D eigenvalue weighted by atomic mass is 32.1. The molecule has 0 unspecified atom stereocenters. The molecule has 3 nitrogen and oxygen atoms in total. The average Bonchev–Trinajstić information content (AvgIpc) is 3.50. The third-order valence-electron chi connectivity index (χ3n) is 10.7. The lowest BCUT2D eigenvalue weighted by Crippen LogP contribution is -2.39. The second-order valence-corrected chi connectivity index (χ2v) is 14.9. The molecule has 2 aliphatic rings. The van der Waals surface area contributed by atoms with E-state index in [9.17, 15) is 4.79 Å². The first kappa shape index (κ1) is 34.0. The van der Waals surface area contributed by atoms with E-state index in [2.05, 4.69) is 69.9 Å². The van der Waals surface area contributed by atoms with E-state index in [1.54, 1.807) is 0 Å². The van der Waals surface area contributed by atoms with Crippen molar-refractivity contribution < 1.29 is 4.79 Å². The minimum absolute atomic E-state index is 0.176. The zero-order valence-corrected chi connectivity index (χ0v) is 29.0. The van der Waals surface area contributed by atoms with Crippen LogP contribution < -0.4 is 5.32 Å². The van der Waals surface area contributed by atoms with Gasteiger partial charge in [-0.3, -0.25) is 4.79 Å². The number of thiazole rings is 1. The Labute approximate surface area is 271 Å². The van der Waals surface area contributed by atoms with Crippen molar-refractivity contribution in [1.82, 2.24) is 4.98 Å². The molecule has 5 heteroatoms. The van der Waals surface area contributed by atoms with Crippen molar-refractivity contribution >= 4 is 45.8 Å². The van der Waals surface area contributed by atoms with Crippen LogP contribution in [0.5, 0.6) is 0 Å². The summed E-state index contributed by atoms with van der Waals surface area (Å²) in [6, 6.07) is 16.4. The molecule has 43 heavy (non-hydrogen) atoms. The number of anilines is 1. The van der Waals surface area contributed by atoms with Crippen LogP contribution in [-0.2, 0) is 10.2 Å². The van der Waals surface area contributed by atoms with Crippen LogP contribution in [0.2, 0.25) is 0 Å². The van der Waals surface area contributed by atoms with Crippen LogP contribution in [0.15, 0.2) is 53.4 Å². The minimum Gasteiger partial charge on any atom is -0.325 e. The summed E-state index contributed by atoms with van der Waals surface area (Å²) in [6.45, 7) is 9.18. The van der Waals surface area contributed by atoms with E-state index in [0.717, 1.165) is 48.6 Å². The zero-order chi connectivity index (χ0) is 30.7. The van der Waals surface area contributed by atoms with Crippen molar-refractivity contribution in [2.75, 3.05) is 5.32 Å². The van der Waals surface area contributed by atoms with Gasteiger partial charge in [-0.2, -0.15) is 0 Å². The summed E-state index contributed by atoms with van der Waals surface area (Å²) in [5, 5.41) is 4.59. The fourth-order valence-corrected chi connectivity index (χ4v) is 9.12. The van der Waals surface area contributed by atoms with Gasteiger partial charge in [0.2, 0.25) is 5.91 Å². The third kappa shape index (κ3) is 8.66. The molecule has 2 aliphatic carbocycles. The van der Waals surface area contributed by atoms with Crippen molar-refractivity contribution in [3.05, 3.63) is 53.5 Å². The summed E-state index contributed by atoms with van der Waals surface area (Å²) < 4.78 is 1.36. The summed E-state index contributed by atoms with van der Waals surface area (Å²) in [5.74, 6) is 1.71. The normalized spacial score (nSPS) is 17.9. The van der Waals surface area contributed by atoms with Crippen molar-refractivity contribution in [2.45, 2.75) is 141 Å². The number of para-hydroxylation sites is 2. The van der Waals surface area contributed by atoms with Gasteiger partial charge in [0, 0.05) is 15.7 Å². The Hall–Kier alpha value is -1.85. The quantitative estimate of drug-likeness (QED) is 0.209. The topological polar surface area (TPSA) is 42.0 Å². The van der Waals surface area contributed by atoms with Gasteiger partial charge in [0.15, 0.2) is 0 Å². The number of aromatic nitrogens is 1. The Morgan fingerprint density at radius 3 is 1.95 bits per heavy atom. The highest BCUT2D eigenvalue weighted by Gasteiger charge is 2.41. The SMILES string of the molecule is CCC(CC)CC1(C(=O)Nc2ccccc2S)CCCCC1.CCC(CC)CC1(c2nc3ccccc3s2)CCCCC1. The van der Waals surface area contributed by atoms with E-state index in [0.29, 0.717) is 11.3 Å². The molecule has 3 aromatic rings. The fourth-order valence-electron chi connectivity index (χ4n) is 7.68. The van der Waals surface area contributed by atoms with Gasteiger partial charge < -0.3 is 5.32 Å². The molecule has 1 heterocycles. The van der Waals surface area contributed by atoms with E-state index in [-0.39, 0.29) is 11.3 Å². The predicted molar refractivity (Wildman–Crippen MR) is 190 cm³/mol. The molecule has 0 radical (unpaired) electrons. The van der Waals surface area contributed by atoms with Gasteiger partial charge in [-0.25, -0.2) is 4.98 Å². The van der Waals surface area contributed by atoms with Gasteiger partial charge in [0.05, 0.1) is 20.9 Å². The van der Waals surface area contributed by atoms with E-state index in [1.165, 1.54) is 85.9 Å². The summed E-state index contributed by atoms with van der Waals surface area (Å²) in [4.78, 5) is 19.0. The maximum atomic E-state index is 13.1. The second-order valence-electron chi connectivity index (χ2n) is 13.4. The number of benzene rings is 2. The van der Waals surface area contributed by atoms with Crippen LogP contribution in [0.4, 0.5) is 5.69 Å². The highest BCUT2D eigenvalue weighted by molar-refractivity contribution is 7.80. The minimum atomic E-state index is -0.176. The summed E-state index contributed by atoms with van der Waals surface area (Å²) in [7, 11) is 0. The van der Waals surface area contributed by atoms with E-state index >= 15 is 0 Å². The maximum absolute atomic E-state index is 13.1. The molecule has 5 rings (SSSR count). The number of amides is 1. The molecular weight excluding hydrogens is 565 g/mol. The van der Waals surface area contributed by atoms with Gasteiger partial charge in [0.25, 0.3) is 0 Å². The largest absolute Gasteiger partial charge is 0.325 e. The van der Waals surface area contributed by atoms with Crippen LogP contribution in [0.3, 0.4) is 0 Å². The number of hydrogen-bond acceptors (Lipinski definition) is 4. The van der Waals surface area contributed by atoms with Crippen molar-refractivity contribution in [3.8, 4) is 0 Å². The lowest BCUT2D eigenvalue weighted by Gasteiger charge is -2.38. The Morgan fingerprint density at radius 1 is 0.791 bits per heavy atom. The molecule has 0 aliphatic heterocycles. The molecule has 2 saturated carbocycles. The summed E-state index contributed by atoms with van der Waals surface area (Å²) in [6.07, 6.45) is 19.9. The van der Waals surface area contributed by atoms with Crippen LogP contribution in [-0.4, -0.2) is 10.9 Å². The van der Waals surface area contributed by atoms with Crippen molar-refractivity contribution in [3.63, 3.8) is 0 Å². The molecule has 0 saturated heterocycles. The lowest BCUT2D eigenvalue weighted by molar-refractivity contribution is -0.128. The summed E-state index contributed by atoms with van der Waals surface area (Å²) in [5.41, 5.74) is 2.24. The zero-order valence-electron chi connectivity index (χ0n) is 27.3. The third-order valence-corrected chi connectivity index (χ3v) is 12.3. The van der Waals surface area contributed by atoms with Crippen molar-refractivity contribution in [1.29, 1.82) is 0 Å². The Morgan fingerprint density at radius 2 is 1.35 bits per heavy atom. The van der Waals surface area contributed by atoms with Gasteiger partial charge in [-0.15, -0.1) is 24.0 Å². The van der Waals surface area contributed by atoms with Crippen LogP contribution in [0, 0.1) is 17.3 Å². The number of carbonyl (C=O) groups excluding carboxylic acids is 1. The van der Waals surface area contributed by atoms with Gasteiger partial charge in [0.1, 0.15) is 0 Å². The Bertz CT molecular complexity index is 1230. The number of rotatable bonds is 11. The molecule has 0 bridgehead atoms. The van der Waals surface area contributed by atoms with Crippen molar-refractivity contribution in [2.24, 2.45) is 17.3 Å². The molecule has 0 atom stereocenters. The maximum Gasteiger partial charge on any atom is 0.230 e. The Kier molecular flexibility index (Phi) is 13.0. The smallest absolute Gasteiger partial charge is 0.230 e. The molecule has 2 fully saturated rings. The average molecular weight is 621 g/mol. The van der Waals surface area contributed by atoms with Crippen LogP contribution >= 0.6 is 24.0 Å². The van der Waals surface area contributed by atoms with Gasteiger partial charge in [-0.1, -0.05) is 116 Å². The number of fused-ring (bicyclic) bond motifs is 1. The molecule has 1 N–H and O–H groups in total. The first-order chi connectivity index (χ1) is 20.9. The number of nitrogens with zero attached hydrogens (tertiary/aromatic N) is 1. The number of hydrogen-bond donors (Lipinski definition) is 2.